The summed E-state index contributed by atoms with van der Waals surface area (Å²) < 4.78 is 1.84. The number of aromatic carboxylic acids is 1. The Morgan fingerprint density at radius 2 is 2.25 bits per heavy atom. The summed E-state index contributed by atoms with van der Waals surface area (Å²) in [7, 11) is 0. The van der Waals surface area contributed by atoms with Crippen LogP contribution in [0.3, 0.4) is 0 Å². The van der Waals surface area contributed by atoms with Gasteiger partial charge in [-0.05, 0) is 24.8 Å². The van der Waals surface area contributed by atoms with Crippen molar-refractivity contribution >= 4 is 5.97 Å². The van der Waals surface area contributed by atoms with Crippen molar-refractivity contribution in [3.8, 4) is 0 Å². The first-order valence-electron chi connectivity index (χ1n) is 5.84. The van der Waals surface area contributed by atoms with Gasteiger partial charge in [-0.1, -0.05) is 27.2 Å². The van der Waals surface area contributed by atoms with Crippen molar-refractivity contribution in [1.29, 1.82) is 0 Å². The highest BCUT2D eigenvalue weighted by Gasteiger charge is 2.13. The van der Waals surface area contributed by atoms with Crippen LogP contribution < -0.4 is 0 Å². The molecule has 0 radical (unpaired) electrons. The largest absolute Gasteiger partial charge is 0.476 e. The molecule has 1 heterocycles. The molecule has 0 amide bonds. The van der Waals surface area contributed by atoms with Gasteiger partial charge >= 0.3 is 5.97 Å². The molecule has 0 fully saturated rings. The fraction of sp³-hybridized carbons (Fsp3) is 0.667. The molecule has 1 N–H and O–H groups in total. The monoisotopic (exact) mass is 224 g/mol. The van der Waals surface area contributed by atoms with Crippen LogP contribution in [0.25, 0.3) is 0 Å². The van der Waals surface area contributed by atoms with Crippen LogP contribution in [0.4, 0.5) is 0 Å². The number of unbranched alkanes of at least 4 members (excludes halogenated alkanes) is 1. The molecule has 0 bridgehead atoms. The molecule has 0 unspecified atom stereocenters. The first kappa shape index (κ1) is 12.7. The number of carboxylic acids is 1. The molecule has 1 aromatic rings. The van der Waals surface area contributed by atoms with E-state index in [2.05, 4.69) is 25.9 Å². The molecule has 0 saturated heterocycles. The van der Waals surface area contributed by atoms with Gasteiger partial charge in [-0.15, -0.1) is 0 Å². The van der Waals surface area contributed by atoms with Crippen LogP contribution in [-0.4, -0.2) is 20.9 Å². The lowest BCUT2D eigenvalue weighted by atomic mass is 10.1. The highest BCUT2D eigenvalue weighted by molar-refractivity contribution is 5.85. The number of carbonyl (C=O) groups is 1. The Kier molecular flexibility index (Phi) is 4.52. The van der Waals surface area contributed by atoms with E-state index in [9.17, 15) is 4.79 Å². The zero-order chi connectivity index (χ0) is 12.1. The molecular formula is C12H20N2O2. The molecule has 0 spiro atoms. The van der Waals surface area contributed by atoms with E-state index in [1.165, 1.54) is 0 Å². The number of hydrogen-bond acceptors (Lipinski definition) is 2. The summed E-state index contributed by atoms with van der Waals surface area (Å²) >= 11 is 0. The Balaban J connectivity index is 2.88. The molecule has 0 aliphatic rings. The molecule has 0 saturated carbocycles. The number of nitrogens with zero attached hydrogens (tertiary/aromatic N) is 2. The Labute approximate surface area is 96.3 Å². The Morgan fingerprint density at radius 3 is 2.75 bits per heavy atom. The first-order chi connectivity index (χ1) is 7.54. The number of carboxylic acid groups (broad SMARTS) is 1. The third-order valence-corrected chi connectivity index (χ3v) is 2.42. The Morgan fingerprint density at radius 1 is 1.56 bits per heavy atom. The SMILES string of the molecule is CCCCn1nc(C(=O)O)cc1CC(C)C. The van der Waals surface area contributed by atoms with Crippen molar-refractivity contribution in [1.82, 2.24) is 9.78 Å². The molecule has 90 valence electrons. The van der Waals surface area contributed by atoms with E-state index in [0.29, 0.717) is 5.92 Å². The third-order valence-electron chi connectivity index (χ3n) is 2.42. The second-order valence-corrected chi connectivity index (χ2v) is 4.50. The van der Waals surface area contributed by atoms with E-state index < -0.39 is 5.97 Å². The average molecular weight is 224 g/mol. The Bertz CT molecular complexity index is 356. The number of aryl methyl sites for hydroxylation is 1. The maximum Gasteiger partial charge on any atom is 0.356 e. The van der Waals surface area contributed by atoms with Crippen molar-refractivity contribution in [3.05, 3.63) is 17.5 Å². The van der Waals surface area contributed by atoms with Gasteiger partial charge in [-0.25, -0.2) is 4.79 Å². The predicted molar refractivity (Wildman–Crippen MR) is 62.6 cm³/mol. The minimum atomic E-state index is -0.944. The number of rotatable bonds is 6. The van der Waals surface area contributed by atoms with Gasteiger partial charge in [0.25, 0.3) is 0 Å². The van der Waals surface area contributed by atoms with Gasteiger partial charge in [0.05, 0.1) is 0 Å². The lowest BCUT2D eigenvalue weighted by Gasteiger charge is -2.08. The van der Waals surface area contributed by atoms with Crippen LogP contribution in [0, 0.1) is 5.92 Å². The van der Waals surface area contributed by atoms with Crippen molar-refractivity contribution in [3.63, 3.8) is 0 Å². The number of hydrogen-bond donors (Lipinski definition) is 1. The van der Waals surface area contributed by atoms with Gasteiger partial charge < -0.3 is 5.11 Å². The lowest BCUT2D eigenvalue weighted by Crippen LogP contribution is -2.08. The second-order valence-electron chi connectivity index (χ2n) is 4.50. The fourth-order valence-corrected chi connectivity index (χ4v) is 1.64. The maximum absolute atomic E-state index is 10.9. The summed E-state index contributed by atoms with van der Waals surface area (Å²) in [6.45, 7) is 7.17. The fourth-order valence-electron chi connectivity index (χ4n) is 1.64. The van der Waals surface area contributed by atoms with Crippen LogP contribution in [0.2, 0.25) is 0 Å². The molecule has 1 aromatic heterocycles. The molecule has 0 aromatic carbocycles. The van der Waals surface area contributed by atoms with Gasteiger partial charge in [-0.2, -0.15) is 5.10 Å². The van der Waals surface area contributed by atoms with Crippen molar-refractivity contribution < 1.29 is 9.90 Å². The minimum Gasteiger partial charge on any atom is -0.476 e. The van der Waals surface area contributed by atoms with E-state index in [0.717, 1.165) is 31.5 Å². The summed E-state index contributed by atoms with van der Waals surface area (Å²) in [4.78, 5) is 10.9. The molecular weight excluding hydrogens is 204 g/mol. The molecule has 0 aliphatic carbocycles. The minimum absolute atomic E-state index is 0.159. The van der Waals surface area contributed by atoms with Gasteiger partial charge in [-0.3, -0.25) is 4.68 Å². The first-order valence-corrected chi connectivity index (χ1v) is 5.84. The van der Waals surface area contributed by atoms with E-state index in [4.69, 9.17) is 5.11 Å². The molecule has 0 aliphatic heterocycles. The summed E-state index contributed by atoms with van der Waals surface area (Å²) in [5, 5.41) is 13.0. The van der Waals surface area contributed by atoms with Gasteiger partial charge in [0.1, 0.15) is 0 Å². The standard InChI is InChI=1S/C12H20N2O2/c1-4-5-6-14-10(7-9(2)3)8-11(13-14)12(15)16/h8-9H,4-7H2,1-3H3,(H,15,16). The topological polar surface area (TPSA) is 55.1 Å². The van der Waals surface area contributed by atoms with Crippen molar-refractivity contribution in [2.45, 2.75) is 46.6 Å². The maximum atomic E-state index is 10.9. The molecule has 4 heteroatoms. The molecule has 16 heavy (non-hydrogen) atoms. The van der Waals surface area contributed by atoms with E-state index in [1.807, 2.05) is 4.68 Å². The number of aromatic nitrogens is 2. The van der Waals surface area contributed by atoms with Crippen LogP contribution in [-0.2, 0) is 13.0 Å². The normalized spacial score (nSPS) is 11.0. The third kappa shape index (κ3) is 3.36. The summed E-state index contributed by atoms with van der Waals surface area (Å²) in [5.74, 6) is -0.432. The van der Waals surface area contributed by atoms with Crippen molar-refractivity contribution in [2.75, 3.05) is 0 Å². The second kappa shape index (κ2) is 5.68. The lowest BCUT2D eigenvalue weighted by molar-refractivity contribution is 0.0689. The van der Waals surface area contributed by atoms with Crippen LogP contribution in [0.5, 0.6) is 0 Å². The van der Waals surface area contributed by atoms with Gasteiger partial charge in [0.15, 0.2) is 5.69 Å². The Hall–Kier alpha value is -1.32. The zero-order valence-electron chi connectivity index (χ0n) is 10.2. The van der Waals surface area contributed by atoms with Crippen LogP contribution in [0.1, 0.15) is 49.8 Å². The average Bonchev–Trinajstić information content (AvgIpc) is 2.57. The van der Waals surface area contributed by atoms with E-state index in [1.54, 1.807) is 6.07 Å². The molecule has 0 atom stereocenters. The summed E-state index contributed by atoms with van der Waals surface area (Å²) in [6, 6.07) is 1.69. The smallest absolute Gasteiger partial charge is 0.356 e. The summed E-state index contributed by atoms with van der Waals surface area (Å²) in [6.07, 6.45) is 3.00. The van der Waals surface area contributed by atoms with E-state index >= 15 is 0 Å². The molecule has 4 nitrogen and oxygen atoms in total. The van der Waals surface area contributed by atoms with Gasteiger partial charge in [0, 0.05) is 12.2 Å². The summed E-state index contributed by atoms with van der Waals surface area (Å²) in [5.41, 5.74) is 1.19. The quantitative estimate of drug-likeness (QED) is 0.808. The molecule has 1 rings (SSSR count). The van der Waals surface area contributed by atoms with Crippen LogP contribution >= 0.6 is 0 Å². The van der Waals surface area contributed by atoms with Crippen LogP contribution in [0.15, 0.2) is 6.07 Å². The predicted octanol–water partition coefficient (Wildman–Crippen LogP) is 2.58. The highest BCUT2D eigenvalue weighted by Crippen LogP contribution is 2.11. The van der Waals surface area contributed by atoms with E-state index in [-0.39, 0.29) is 5.69 Å². The highest BCUT2D eigenvalue weighted by atomic mass is 16.4. The van der Waals surface area contributed by atoms with Gasteiger partial charge in [0.2, 0.25) is 0 Å². The van der Waals surface area contributed by atoms with Crippen molar-refractivity contribution in [2.24, 2.45) is 5.92 Å². The zero-order valence-corrected chi connectivity index (χ0v) is 10.2.